The molecule has 126 valence electrons. The first-order chi connectivity index (χ1) is 11.2. The lowest BCUT2D eigenvalue weighted by atomic mass is 10.2. The third-order valence-electron chi connectivity index (χ3n) is 3.38. The lowest BCUT2D eigenvalue weighted by Gasteiger charge is -2.05. The third-order valence-corrected chi connectivity index (χ3v) is 4.24. The molecule has 2 heterocycles. The van der Waals surface area contributed by atoms with Crippen LogP contribution >= 0.6 is 11.3 Å². The average molecular weight is 336 g/mol. The molecule has 0 radical (unpaired) electrons. The molecule has 2 aromatic heterocycles. The number of nitrogens with zero attached hydrogens (tertiary/aromatic N) is 1. The number of hydrogen-bond acceptors (Lipinski definition) is 5. The van der Waals surface area contributed by atoms with Gasteiger partial charge in [0.2, 0.25) is 11.8 Å². The Balaban J connectivity index is 1.71. The van der Waals surface area contributed by atoms with E-state index in [2.05, 4.69) is 17.2 Å². The number of oxazole rings is 1. The van der Waals surface area contributed by atoms with Crippen LogP contribution in [0.15, 0.2) is 21.9 Å². The minimum atomic E-state index is -0.0345. The Hall–Kier alpha value is -1.66. The molecule has 1 N–H and O–H groups in total. The van der Waals surface area contributed by atoms with Gasteiger partial charge in [-0.2, -0.15) is 0 Å². The molecule has 6 heteroatoms. The number of carbonyl (C=O) groups excluding carboxylic acids is 1. The quantitative estimate of drug-likeness (QED) is 0.674. The maximum Gasteiger partial charge on any atom is 0.236 e. The Morgan fingerprint density at radius 1 is 1.39 bits per heavy atom. The highest BCUT2D eigenvalue weighted by Gasteiger charge is 2.14. The predicted molar refractivity (Wildman–Crippen MR) is 91.6 cm³/mol. The second-order valence-electron chi connectivity index (χ2n) is 5.35. The van der Waals surface area contributed by atoms with Gasteiger partial charge in [-0.3, -0.25) is 4.79 Å². The summed E-state index contributed by atoms with van der Waals surface area (Å²) in [5.74, 6) is 1.25. The van der Waals surface area contributed by atoms with Crippen molar-refractivity contribution in [3.8, 4) is 10.8 Å². The fourth-order valence-electron chi connectivity index (χ4n) is 2.06. The number of unbranched alkanes of at least 4 members (excludes halogenated alkanes) is 1. The zero-order chi connectivity index (χ0) is 16.5. The summed E-state index contributed by atoms with van der Waals surface area (Å²) in [6.07, 6.45) is 3.30. The zero-order valence-corrected chi connectivity index (χ0v) is 14.6. The summed E-state index contributed by atoms with van der Waals surface area (Å²) < 4.78 is 11.1. The van der Waals surface area contributed by atoms with Crippen molar-refractivity contribution in [3.63, 3.8) is 0 Å². The molecule has 0 saturated carbocycles. The van der Waals surface area contributed by atoms with Crippen LogP contribution in [0.1, 0.15) is 37.6 Å². The van der Waals surface area contributed by atoms with E-state index in [1.807, 2.05) is 24.4 Å². The van der Waals surface area contributed by atoms with Gasteiger partial charge in [0.1, 0.15) is 5.76 Å². The number of rotatable bonds is 10. The Morgan fingerprint density at radius 2 is 2.22 bits per heavy atom. The van der Waals surface area contributed by atoms with E-state index in [-0.39, 0.29) is 12.3 Å². The van der Waals surface area contributed by atoms with Gasteiger partial charge in [0.05, 0.1) is 17.0 Å². The van der Waals surface area contributed by atoms with Crippen LogP contribution in [-0.4, -0.2) is 30.6 Å². The Kier molecular flexibility index (Phi) is 7.29. The van der Waals surface area contributed by atoms with Crippen molar-refractivity contribution < 1.29 is 13.9 Å². The summed E-state index contributed by atoms with van der Waals surface area (Å²) in [5.41, 5.74) is 0.699. The van der Waals surface area contributed by atoms with Crippen molar-refractivity contribution in [2.24, 2.45) is 0 Å². The second-order valence-corrected chi connectivity index (χ2v) is 6.29. The highest BCUT2D eigenvalue weighted by molar-refractivity contribution is 7.13. The number of aryl methyl sites for hydroxylation is 1. The largest absolute Gasteiger partial charge is 0.440 e. The molecule has 0 saturated heterocycles. The number of ether oxygens (including phenoxy) is 1. The Morgan fingerprint density at radius 3 is 2.96 bits per heavy atom. The highest BCUT2D eigenvalue weighted by atomic mass is 32.1. The van der Waals surface area contributed by atoms with Crippen molar-refractivity contribution >= 4 is 17.2 Å². The second kappa shape index (κ2) is 9.47. The molecule has 0 aliphatic heterocycles. The van der Waals surface area contributed by atoms with Crippen molar-refractivity contribution in [2.45, 2.75) is 39.5 Å². The van der Waals surface area contributed by atoms with Crippen LogP contribution in [0.4, 0.5) is 0 Å². The first-order valence-electron chi connectivity index (χ1n) is 8.05. The fraction of sp³-hybridized carbons (Fsp3) is 0.529. The number of hydrogen-bond donors (Lipinski definition) is 1. The molecule has 0 aromatic carbocycles. The van der Waals surface area contributed by atoms with E-state index in [0.29, 0.717) is 30.5 Å². The molecule has 0 fully saturated rings. The molecule has 0 bridgehead atoms. The first kappa shape index (κ1) is 17.7. The van der Waals surface area contributed by atoms with Crippen LogP contribution in [0, 0.1) is 6.92 Å². The molecule has 0 aliphatic carbocycles. The molecule has 5 nitrogen and oxygen atoms in total. The lowest BCUT2D eigenvalue weighted by Crippen LogP contribution is -2.27. The zero-order valence-electron chi connectivity index (χ0n) is 13.8. The van der Waals surface area contributed by atoms with E-state index < -0.39 is 0 Å². The summed E-state index contributed by atoms with van der Waals surface area (Å²) in [6, 6.07) is 3.91. The van der Waals surface area contributed by atoms with E-state index >= 15 is 0 Å². The molecule has 2 aromatic rings. The Labute approximate surface area is 141 Å². The number of amides is 1. The van der Waals surface area contributed by atoms with Crippen LogP contribution in [0.2, 0.25) is 0 Å². The van der Waals surface area contributed by atoms with Crippen LogP contribution in [0.5, 0.6) is 0 Å². The standard InChI is InChI=1S/C17H24N2O3S/c1-3-4-9-21-10-6-8-18-16(20)12-14-13(2)22-17(19-14)15-7-5-11-23-15/h5,7,11H,3-4,6,8-10,12H2,1-2H3,(H,18,20). The first-order valence-corrected chi connectivity index (χ1v) is 8.93. The highest BCUT2D eigenvalue weighted by Crippen LogP contribution is 2.25. The predicted octanol–water partition coefficient (Wildman–Crippen LogP) is 3.58. The summed E-state index contributed by atoms with van der Waals surface area (Å²) in [6.45, 7) is 6.09. The van der Waals surface area contributed by atoms with Gasteiger partial charge < -0.3 is 14.5 Å². The van der Waals surface area contributed by atoms with Crippen molar-refractivity contribution in [3.05, 3.63) is 29.0 Å². The molecule has 0 atom stereocenters. The van der Waals surface area contributed by atoms with Gasteiger partial charge in [0, 0.05) is 19.8 Å². The summed E-state index contributed by atoms with van der Waals surface area (Å²) in [4.78, 5) is 17.4. The summed E-state index contributed by atoms with van der Waals surface area (Å²) >= 11 is 1.57. The third kappa shape index (κ3) is 5.80. The average Bonchev–Trinajstić information content (AvgIpc) is 3.17. The topological polar surface area (TPSA) is 64.4 Å². The monoisotopic (exact) mass is 336 g/mol. The lowest BCUT2D eigenvalue weighted by molar-refractivity contribution is -0.120. The maximum atomic E-state index is 12.0. The molecule has 0 aliphatic rings. The van der Waals surface area contributed by atoms with Gasteiger partial charge in [-0.25, -0.2) is 4.98 Å². The van der Waals surface area contributed by atoms with Gasteiger partial charge >= 0.3 is 0 Å². The van der Waals surface area contributed by atoms with E-state index in [9.17, 15) is 4.79 Å². The maximum absolute atomic E-state index is 12.0. The van der Waals surface area contributed by atoms with Crippen LogP contribution in [0.25, 0.3) is 10.8 Å². The molecule has 2 rings (SSSR count). The normalized spacial score (nSPS) is 10.9. The smallest absolute Gasteiger partial charge is 0.236 e. The summed E-state index contributed by atoms with van der Waals surface area (Å²) in [7, 11) is 0. The number of aromatic nitrogens is 1. The Bertz CT molecular complexity index is 593. The minimum Gasteiger partial charge on any atom is -0.440 e. The number of carbonyl (C=O) groups is 1. The van der Waals surface area contributed by atoms with Crippen molar-refractivity contribution in [1.29, 1.82) is 0 Å². The van der Waals surface area contributed by atoms with Gasteiger partial charge in [-0.05, 0) is 31.2 Å². The summed E-state index contributed by atoms with van der Waals surface area (Å²) in [5, 5.41) is 4.87. The number of nitrogens with one attached hydrogen (secondary N) is 1. The fourth-order valence-corrected chi connectivity index (χ4v) is 2.71. The minimum absolute atomic E-state index is 0.0345. The van der Waals surface area contributed by atoms with Gasteiger partial charge in [0.15, 0.2) is 0 Å². The van der Waals surface area contributed by atoms with Crippen molar-refractivity contribution in [2.75, 3.05) is 19.8 Å². The van der Waals surface area contributed by atoms with E-state index in [4.69, 9.17) is 9.15 Å². The van der Waals surface area contributed by atoms with E-state index in [1.165, 1.54) is 0 Å². The van der Waals surface area contributed by atoms with Crippen LogP contribution in [-0.2, 0) is 16.0 Å². The molecule has 0 unspecified atom stereocenters. The molecular weight excluding hydrogens is 312 g/mol. The van der Waals surface area contributed by atoms with E-state index in [0.717, 1.165) is 30.7 Å². The van der Waals surface area contributed by atoms with Crippen molar-refractivity contribution in [1.82, 2.24) is 10.3 Å². The molecule has 0 spiro atoms. The van der Waals surface area contributed by atoms with Crippen LogP contribution < -0.4 is 5.32 Å². The van der Waals surface area contributed by atoms with Gasteiger partial charge in [0.25, 0.3) is 0 Å². The number of thiophene rings is 1. The van der Waals surface area contributed by atoms with Gasteiger partial charge in [-0.15, -0.1) is 11.3 Å². The molecule has 23 heavy (non-hydrogen) atoms. The van der Waals surface area contributed by atoms with Crippen LogP contribution in [0.3, 0.4) is 0 Å². The molecule has 1 amide bonds. The molecular formula is C17H24N2O3S. The van der Waals surface area contributed by atoms with E-state index in [1.54, 1.807) is 11.3 Å². The SMILES string of the molecule is CCCCOCCCNC(=O)Cc1nc(-c2cccs2)oc1C. The van der Waals surface area contributed by atoms with Gasteiger partial charge in [-0.1, -0.05) is 19.4 Å².